The van der Waals surface area contributed by atoms with Crippen LogP contribution in [0.4, 0.5) is 11.5 Å². The maximum absolute atomic E-state index is 12.9. The van der Waals surface area contributed by atoms with E-state index in [1.807, 2.05) is 68.6 Å². The SMILES string of the molecule is CNc1cc(-c2cccnc2Oc2cc(C(=O)Nc3ccc(C(C)C)cc3)ccc2C)ccn1. The van der Waals surface area contributed by atoms with Gasteiger partial charge in [0.1, 0.15) is 11.6 Å². The number of hydrogen-bond acceptors (Lipinski definition) is 5. The van der Waals surface area contributed by atoms with E-state index in [-0.39, 0.29) is 5.91 Å². The Morgan fingerprint density at radius 3 is 2.47 bits per heavy atom. The highest BCUT2D eigenvalue weighted by molar-refractivity contribution is 6.04. The van der Waals surface area contributed by atoms with Crippen LogP contribution in [0.1, 0.15) is 41.3 Å². The molecule has 0 bridgehead atoms. The molecule has 4 rings (SSSR count). The van der Waals surface area contributed by atoms with E-state index in [0.717, 1.165) is 28.2 Å². The summed E-state index contributed by atoms with van der Waals surface area (Å²) >= 11 is 0. The Morgan fingerprint density at radius 2 is 1.74 bits per heavy atom. The Morgan fingerprint density at radius 1 is 0.941 bits per heavy atom. The smallest absolute Gasteiger partial charge is 0.255 e. The largest absolute Gasteiger partial charge is 0.438 e. The lowest BCUT2D eigenvalue weighted by atomic mass is 10.0. The van der Waals surface area contributed by atoms with Gasteiger partial charge in [0.2, 0.25) is 5.88 Å². The molecular formula is C28H28N4O2. The topological polar surface area (TPSA) is 76.1 Å². The molecule has 0 aliphatic carbocycles. The number of aromatic nitrogens is 2. The zero-order valence-electron chi connectivity index (χ0n) is 19.8. The number of anilines is 2. The molecule has 6 heteroatoms. The number of hydrogen-bond donors (Lipinski definition) is 2. The van der Waals surface area contributed by atoms with E-state index in [0.29, 0.717) is 23.1 Å². The first-order valence-electron chi connectivity index (χ1n) is 11.2. The molecule has 2 aromatic carbocycles. The van der Waals surface area contributed by atoms with E-state index < -0.39 is 0 Å². The highest BCUT2D eigenvalue weighted by Gasteiger charge is 2.14. The lowest BCUT2D eigenvalue weighted by molar-refractivity contribution is 0.102. The number of ether oxygens (including phenoxy) is 1. The van der Waals surface area contributed by atoms with Crippen LogP contribution in [0.5, 0.6) is 11.6 Å². The van der Waals surface area contributed by atoms with Crippen LogP contribution in [-0.4, -0.2) is 22.9 Å². The predicted octanol–water partition coefficient (Wildman–Crippen LogP) is 6.66. The van der Waals surface area contributed by atoms with Crippen molar-refractivity contribution >= 4 is 17.4 Å². The summed E-state index contributed by atoms with van der Waals surface area (Å²) < 4.78 is 6.22. The van der Waals surface area contributed by atoms with E-state index in [9.17, 15) is 4.79 Å². The van der Waals surface area contributed by atoms with Gasteiger partial charge in [-0.2, -0.15) is 0 Å². The molecule has 0 spiro atoms. The fraction of sp³-hybridized carbons (Fsp3) is 0.179. The van der Waals surface area contributed by atoms with E-state index in [1.54, 1.807) is 24.5 Å². The number of nitrogens with one attached hydrogen (secondary N) is 2. The molecule has 1 amide bonds. The summed E-state index contributed by atoms with van der Waals surface area (Å²) in [5.41, 5.74) is 5.15. The molecule has 0 aliphatic rings. The van der Waals surface area contributed by atoms with Crippen molar-refractivity contribution in [3.63, 3.8) is 0 Å². The number of carbonyl (C=O) groups excluding carboxylic acids is 1. The van der Waals surface area contributed by atoms with Crippen LogP contribution >= 0.6 is 0 Å². The fourth-order valence-electron chi connectivity index (χ4n) is 3.54. The second-order valence-electron chi connectivity index (χ2n) is 8.35. The molecule has 0 radical (unpaired) electrons. The standard InChI is InChI=1S/C28H28N4O2/c1-18(2)20-9-11-23(12-10-20)32-27(33)22-8-7-19(3)25(16-22)34-28-24(6-5-14-31-28)21-13-15-30-26(17-21)29-4/h5-18H,1-4H3,(H,29,30)(H,32,33). The minimum atomic E-state index is -0.198. The number of benzene rings is 2. The van der Waals surface area contributed by atoms with Crippen LogP contribution in [0, 0.1) is 6.92 Å². The summed E-state index contributed by atoms with van der Waals surface area (Å²) in [6, 6.07) is 21.0. The number of carbonyl (C=O) groups is 1. The van der Waals surface area contributed by atoms with Crippen LogP contribution in [0.2, 0.25) is 0 Å². The number of nitrogens with zero attached hydrogens (tertiary/aromatic N) is 2. The van der Waals surface area contributed by atoms with Crippen LogP contribution in [0.15, 0.2) is 79.1 Å². The molecule has 0 atom stereocenters. The molecule has 2 N–H and O–H groups in total. The van der Waals surface area contributed by atoms with E-state index >= 15 is 0 Å². The average molecular weight is 453 g/mol. The molecule has 34 heavy (non-hydrogen) atoms. The van der Waals surface area contributed by atoms with Crippen molar-refractivity contribution in [3.8, 4) is 22.8 Å². The maximum Gasteiger partial charge on any atom is 0.255 e. The summed E-state index contributed by atoms with van der Waals surface area (Å²) in [5, 5.41) is 6.01. The van der Waals surface area contributed by atoms with Crippen molar-refractivity contribution in [3.05, 3.63) is 95.8 Å². The lowest BCUT2D eigenvalue weighted by Crippen LogP contribution is -2.12. The molecule has 172 valence electrons. The molecule has 0 unspecified atom stereocenters. The van der Waals surface area contributed by atoms with Gasteiger partial charge in [-0.05, 0) is 78.1 Å². The Balaban J connectivity index is 1.58. The summed E-state index contributed by atoms with van der Waals surface area (Å²) in [7, 11) is 1.82. The zero-order chi connectivity index (χ0) is 24.1. The molecule has 0 aliphatic heterocycles. The minimum Gasteiger partial charge on any atom is -0.438 e. The van der Waals surface area contributed by atoms with Gasteiger partial charge in [-0.3, -0.25) is 4.79 Å². The third-order valence-corrected chi connectivity index (χ3v) is 5.59. The zero-order valence-corrected chi connectivity index (χ0v) is 19.8. The molecule has 0 saturated heterocycles. The first-order valence-corrected chi connectivity index (χ1v) is 11.2. The van der Waals surface area contributed by atoms with E-state index in [4.69, 9.17) is 4.74 Å². The van der Waals surface area contributed by atoms with Gasteiger partial charge < -0.3 is 15.4 Å². The molecule has 0 fully saturated rings. The van der Waals surface area contributed by atoms with E-state index in [2.05, 4.69) is 34.4 Å². The van der Waals surface area contributed by atoms with Crippen LogP contribution < -0.4 is 15.4 Å². The van der Waals surface area contributed by atoms with Crippen molar-refractivity contribution in [2.45, 2.75) is 26.7 Å². The van der Waals surface area contributed by atoms with Crippen molar-refractivity contribution in [1.82, 2.24) is 9.97 Å². The second-order valence-corrected chi connectivity index (χ2v) is 8.35. The Hall–Kier alpha value is -4.19. The summed E-state index contributed by atoms with van der Waals surface area (Å²) in [4.78, 5) is 21.6. The first-order chi connectivity index (χ1) is 16.4. The van der Waals surface area contributed by atoms with Gasteiger partial charge in [-0.25, -0.2) is 9.97 Å². The fourth-order valence-corrected chi connectivity index (χ4v) is 3.54. The van der Waals surface area contributed by atoms with Gasteiger partial charge in [0.25, 0.3) is 5.91 Å². The third kappa shape index (κ3) is 5.23. The number of aryl methyl sites for hydroxylation is 1. The summed E-state index contributed by atoms with van der Waals surface area (Å²) in [6.07, 6.45) is 3.42. The Kier molecular flexibility index (Phi) is 6.87. The number of pyridine rings is 2. The molecule has 0 saturated carbocycles. The maximum atomic E-state index is 12.9. The normalized spacial score (nSPS) is 10.7. The molecule has 2 aromatic heterocycles. The van der Waals surface area contributed by atoms with Gasteiger partial charge in [-0.15, -0.1) is 0 Å². The highest BCUT2D eigenvalue weighted by atomic mass is 16.5. The average Bonchev–Trinajstić information content (AvgIpc) is 2.86. The van der Waals surface area contributed by atoms with Gasteiger partial charge in [0.15, 0.2) is 0 Å². The number of amides is 1. The van der Waals surface area contributed by atoms with Crippen LogP contribution in [0.3, 0.4) is 0 Å². The molecule has 6 nitrogen and oxygen atoms in total. The third-order valence-electron chi connectivity index (χ3n) is 5.59. The Labute approximate surface area is 200 Å². The van der Waals surface area contributed by atoms with E-state index in [1.165, 1.54) is 5.56 Å². The summed E-state index contributed by atoms with van der Waals surface area (Å²) in [5.74, 6) is 2.03. The second kappa shape index (κ2) is 10.2. The lowest BCUT2D eigenvalue weighted by Gasteiger charge is -2.14. The van der Waals surface area contributed by atoms with Crippen molar-refractivity contribution in [1.29, 1.82) is 0 Å². The first kappa shape index (κ1) is 23.0. The highest BCUT2D eigenvalue weighted by Crippen LogP contribution is 2.33. The van der Waals surface area contributed by atoms with Crippen molar-refractivity contribution in [2.24, 2.45) is 0 Å². The molecule has 2 heterocycles. The number of rotatable bonds is 7. The quantitative estimate of drug-likeness (QED) is 0.328. The Bertz CT molecular complexity index is 1300. The van der Waals surface area contributed by atoms with Gasteiger partial charge >= 0.3 is 0 Å². The molecular weight excluding hydrogens is 424 g/mol. The van der Waals surface area contributed by atoms with Crippen LogP contribution in [0.25, 0.3) is 11.1 Å². The van der Waals surface area contributed by atoms with Crippen LogP contribution in [-0.2, 0) is 0 Å². The van der Waals surface area contributed by atoms with Crippen molar-refractivity contribution < 1.29 is 9.53 Å². The summed E-state index contributed by atoms with van der Waals surface area (Å²) in [6.45, 7) is 6.22. The van der Waals surface area contributed by atoms with Gasteiger partial charge in [-0.1, -0.05) is 32.0 Å². The van der Waals surface area contributed by atoms with Gasteiger partial charge in [0, 0.05) is 36.3 Å². The van der Waals surface area contributed by atoms with Crippen molar-refractivity contribution in [2.75, 3.05) is 17.7 Å². The minimum absolute atomic E-state index is 0.198. The predicted molar refractivity (Wildman–Crippen MR) is 137 cm³/mol. The van der Waals surface area contributed by atoms with Gasteiger partial charge in [0.05, 0.1) is 0 Å². The monoisotopic (exact) mass is 452 g/mol. The molecule has 4 aromatic rings.